The number of amides is 2. The maximum atomic E-state index is 13.1. The SMILES string of the molecule is CCN1C(=O)CN(c2ccc(C)cc2)C(=O)[C@@H]1c1ccccc1. The quantitative estimate of drug-likeness (QED) is 0.875. The molecule has 2 aromatic carbocycles. The largest absolute Gasteiger partial charge is 0.325 e. The van der Waals surface area contributed by atoms with Crippen LogP contribution in [0, 0.1) is 6.92 Å². The number of rotatable bonds is 3. The summed E-state index contributed by atoms with van der Waals surface area (Å²) in [7, 11) is 0. The number of likely N-dealkylation sites (N-methyl/N-ethyl adjacent to an activating group) is 1. The van der Waals surface area contributed by atoms with E-state index in [9.17, 15) is 9.59 Å². The zero-order valence-electron chi connectivity index (χ0n) is 13.4. The van der Waals surface area contributed by atoms with Gasteiger partial charge in [0.05, 0.1) is 0 Å². The first-order chi connectivity index (χ1) is 11.1. The molecule has 1 heterocycles. The first kappa shape index (κ1) is 15.3. The van der Waals surface area contributed by atoms with E-state index >= 15 is 0 Å². The molecule has 1 aliphatic heterocycles. The third-order valence-electron chi connectivity index (χ3n) is 4.23. The summed E-state index contributed by atoms with van der Waals surface area (Å²) in [6.07, 6.45) is 0. The van der Waals surface area contributed by atoms with E-state index < -0.39 is 6.04 Å². The van der Waals surface area contributed by atoms with Gasteiger partial charge in [0.1, 0.15) is 12.6 Å². The summed E-state index contributed by atoms with van der Waals surface area (Å²) in [6.45, 7) is 4.52. The molecule has 1 saturated heterocycles. The lowest BCUT2D eigenvalue weighted by molar-refractivity contribution is -0.143. The fraction of sp³-hybridized carbons (Fsp3) is 0.263. The fourth-order valence-electron chi connectivity index (χ4n) is 2.99. The molecular weight excluding hydrogens is 288 g/mol. The van der Waals surface area contributed by atoms with Gasteiger partial charge in [-0.25, -0.2) is 0 Å². The summed E-state index contributed by atoms with van der Waals surface area (Å²) in [4.78, 5) is 28.8. The van der Waals surface area contributed by atoms with Crippen LogP contribution in [0.1, 0.15) is 24.1 Å². The Bertz CT molecular complexity index is 710. The van der Waals surface area contributed by atoms with Crippen molar-refractivity contribution in [3.05, 3.63) is 65.7 Å². The number of anilines is 1. The molecule has 0 radical (unpaired) electrons. The van der Waals surface area contributed by atoms with Crippen molar-refractivity contribution < 1.29 is 9.59 Å². The van der Waals surface area contributed by atoms with Gasteiger partial charge in [-0.3, -0.25) is 9.59 Å². The van der Waals surface area contributed by atoms with E-state index in [4.69, 9.17) is 0 Å². The second-order valence-corrected chi connectivity index (χ2v) is 5.75. The highest BCUT2D eigenvalue weighted by molar-refractivity contribution is 6.06. The molecular formula is C19H20N2O2. The first-order valence-corrected chi connectivity index (χ1v) is 7.84. The van der Waals surface area contributed by atoms with Crippen LogP contribution in [0.2, 0.25) is 0 Å². The van der Waals surface area contributed by atoms with Crippen LogP contribution < -0.4 is 4.90 Å². The van der Waals surface area contributed by atoms with Crippen LogP contribution in [0.3, 0.4) is 0 Å². The monoisotopic (exact) mass is 308 g/mol. The van der Waals surface area contributed by atoms with Gasteiger partial charge >= 0.3 is 0 Å². The number of hydrogen-bond acceptors (Lipinski definition) is 2. The molecule has 1 atom stereocenters. The van der Waals surface area contributed by atoms with Gasteiger partial charge in [0.15, 0.2) is 0 Å². The van der Waals surface area contributed by atoms with E-state index in [0.29, 0.717) is 6.54 Å². The van der Waals surface area contributed by atoms with Crippen LogP contribution in [0.4, 0.5) is 5.69 Å². The van der Waals surface area contributed by atoms with Gasteiger partial charge in [-0.1, -0.05) is 48.0 Å². The number of benzene rings is 2. The van der Waals surface area contributed by atoms with Gasteiger partial charge in [-0.2, -0.15) is 0 Å². The van der Waals surface area contributed by atoms with E-state index in [1.165, 1.54) is 0 Å². The maximum absolute atomic E-state index is 13.1. The molecule has 0 unspecified atom stereocenters. The Labute approximate surface area is 136 Å². The van der Waals surface area contributed by atoms with Crippen LogP contribution in [0.25, 0.3) is 0 Å². The number of nitrogens with zero attached hydrogens (tertiary/aromatic N) is 2. The molecule has 0 spiro atoms. The molecule has 0 bridgehead atoms. The van der Waals surface area contributed by atoms with Gasteiger partial charge < -0.3 is 9.80 Å². The minimum Gasteiger partial charge on any atom is -0.325 e. The van der Waals surface area contributed by atoms with Crippen molar-refractivity contribution in [1.29, 1.82) is 0 Å². The van der Waals surface area contributed by atoms with E-state index in [0.717, 1.165) is 16.8 Å². The van der Waals surface area contributed by atoms with Crippen molar-refractivity contribution in [2.24, 2.45) is 0 Å². The molecule has 0 N–H and O–H groups in total. The normalized spacial score (nSPS) is 18.4. The molecule has 23 heavy (non-hydrogen) atoms. The lowest BCUT2D eigenvalue weighted by Gasteiger charge is -2.40. The highest BCUT2D eigenvalue weighted by Crippen LogP contribution is 2.30. The molecule has 1 aliphatic rings. The van der Waals surface area contributed by atoms with Crippen LogP contribution in [-0.4, -0.2) is 29.8 Å². The second kappa shape index (κ2) is 6.24. The Morgan fingerprint density at radius 1 is 1.00 bits per heavy atom. The Balaban J connectivity index is 2.00. The Morgan fingerprint density at radius 3 is 2.26 bits per heavy atom. The van der Waals surface area contributed by atoms with E-state index in [-0.39, 0.29) is 18.4 Å². The van der Waals surface area contributed by atoms with Crippen molar-refractivity contribution in [2.45, 2.75) is 19.9 Å². The smallest absolute Gasteiger partial charge is 0.254 e. The van der Waals surface area contributed by atoms with Crippen molar-refractivity contribution in [2.75, 3.05) is 18.0 Å². The zero-order chi connectivity index (χ0) is 16.4. The summed E-state index contributed by atoms with van der Waals surface area (Å²) < 4.78 is 0. The van der Waals surface area contributed by atoms with Crippen LogP contribution in [0.15, 0.2) is 54.6 Å². The lowest BCUT2D eigenvalue weighted by atomic mass is 10.0. The predicted octanol–water partition coefficient (Wildman–Crippen LogP) is 2.93. The number of aryl methyl sites for hydroxylation is 1. The fourth-order valence-corrected chi connectivity index (χ4v) is 2.99. The molecule has 3 rings (SSSR count). The predicted molar refractivity (Wildman–Crippen MR) is 90.1 cm³/mol. The van der Waals surface area contributed by atoms with Crippen LogP contribution in [0.5, 0.6) is 0 Å². The van der Waals surface area contributed by atoms with Gasteiger partial charge in [-0.05, 0) is 31.5 Å². The van der Waals surface area contributed by atoms with E-state index in [2.05, 4.69) is 0 Å². The summed E-state index contributed by atoms with van der Waals surface area (Å²) >= 11 is 0. The van der Waals surface area contributed by atoms with Crippen LogP contribution >= 0.6 is 0 Å². The van der Waals surface area contributed by atoms with Crippen molar-refractivity contribution >= 4 is 17.5 Å². The standard InChI is InChI=1S/C19H20N2O2/c1-3-20-17(22)13-21(16-11-9-14(2)10-12-16)19(23)18(20)15-7-5-4-6-8-15/h4-12,18H,3,13H2,1-2H3/t18-/m0/s1. The van der Waals surface area contributed by atoms with Gasteiger partial charge in [0.2, 0.25) is 5.91 Å². The zero-order valence-corrected chi connectivity index (χ0v) is 13.4. The average Bonchev–Trinajstić information content (AvgIpc) is 2.58. The third kappa shape index (κ3) is 2.84. The summed E-state index contributed by atoms with van der Waals surface area (Å²) in [6, 6.07) is 16.6. The molecule has 4 heteroatoms. The van der Waals surface area contributed by atoms with Gasteiger partial charge in [0, 0.05) is 12.2 Å². The number of hydrogen-bond donors (Lipinski definition) is 0. The molecule has 118 valence electrons. The molecule has 2 aromatic rings. The molecule has 4 nitrogen and oxygen atoms in total. The molecule has 0 aliphatic carbocycles. The number of carbonyl (C=O) groups excluding carboxylic acids is 2. The molecule has 0 aromatic heterocycles. The highest BCUT2D eigenvalue weighted by atomic mass is 16.2. The topological polar surface area (TPSA) is 40.6 Å². The Kier molecular flexibility index (Phi) is 4.15. The minimum atomic E-state index is -0.552. The van der Waals surface area contributed by atoms with Crippen LogP contribution in [-0.2, 0) is 9.59 Å². The van der Waals surface area contributed by atoms with Gasteiger partial charge in [-0.15, -0.1) is 0 Å². The van der Waals surface area contributed by atoms with E-state index in [1.807, 2.05) is 68.4 Å². The summed E-state index contributed by atoms with van der Waals surface area (Å²) in [5.41, 5.74) is 2.74. The number of piperazine rings is 1. The number of carbonyl (C=O) groups is 2. The third-order valence-corrected chi connectivity index (χ3v) is 4.23. The van der Waals surface area contributed by atoms with Crippen molar-refractivity contribution in [3.63, 3.8) is 0 Å². The average molecular weight is 308 g/mol. The maximum Gasteiger partial charge on any atom is 0.254 e. The van der Waals surface area contributed by atoms with Crippen molar-refractivity contribution in [3.8, 4) is 0 Å². The summed E-state index contributed by atoms with van der Waals surface area (Å²) in [5, 5.41) is 0. The van der Waals surface area contributed by atoms with E-state index in [1.54, 1.807) is 9.80 Å². The van der Waals surface area contributed by atoms with Gasteiger partial charge in [0.25, 0.3) is 5.91 Å². The first-order valence-electron chi connectivity index (χ1n) is 7.84. The molecule has 0 saturated carbocycles. The minimum absolute atomic E-state index is 0.0264. The summed E-state index contributed by atoms with van der Waals surface area (Å²) in [5.74, 6) is -0.0805. The van der Waals surface area contributed by atoms with Crippen molar-refractivity contribution in [1.82, 2.24) is 4.90 Å². The molecule has 1 fully saturated rings. The lowest BCUT2D eigenvalue weighted by Crippen LogP contribution is -2.55. The highest BCUT2D eigenvalue weighted by Gasteiger charge is 2.39. The molecule has 2 amide bonds. The Hall–Kier alpha value is -2.62. The Morgan fingerprint density at radius 2 is 1.65 bits per heavy atom. The second-order valence-electron chi connectivity index (χ2n) is 5.75.